The van der Waals surface area contributed by atoms with Crippen LogP contribution in [-0.4, -0.2) is 17.3 Å². The van der Waals surface area contributed by atoms with Gasteiger partial charge in [0.2, 0.25) is 5.91 Å². The molecule has 0 bridgehead atoms. The molecule has 2 rings (SSSR count). The molecule has 1 heterocycles. The Bertz CT molecular complexity index is 731. The molecule has 2 aromatic rings. The molecular weight excluding hydrogens is 353 g/mol. The van der Waals surface area contributed by atoms with Gasteiger partial charge in [0.15, 0.2) is 5.13 Å². The summed E-state index contributed by atoms with van der Waals surface area (Å²) in [6.07, 6.45) is -4.20. The van der Waals surface area contributed by atoms with Crippen molar-refractivity contribution in [3.05, 3.63) is 28.1 Å². The van der Waals surface area contributed by atoms with Gasteiger partial charge in [-0.15, -0.1) is 24.5 Å². The summed E-state index contributed by atoms with van der Waals surface area (Å²) in [6.45, 7) is 3.23. The van der Waals surface area contributed by atoms with Crippen LogP contribution in [0, 0.1) is 0 Å². The molecule has 0 saturated carbocycles. The fourth-order valence-corrected chi connectivity index (χ4v) is 3.11. The largest absolute Gasteiger partial charge is 0.573 e. The minimum Gasteiger partial charge on any atom is -0.406 e. The smallest absolute Gasteiger partial charge is 0.406 e. The second-order valence-electron chi connectivity index (χ2n) is 4.55. The molecule has 124 valence electrons. The zero-order valence-electron chi connectivity index (χ0n) is 12.1. The number of anilines is 1. The summed E-state index contributed by atoms with van der Waals surface area (Å²) in [4.78, 5) is 16.2. The summed E-state index contributed by atoms with van der Waals surface area (Å²) in [5.74, 6) is -0.698. The fraction of sp³-hybridized carbons (Fsp3) is 0.286. The molecule has 9 heteroatoms. The zero-order valence-corrected chi connectivity index (χ0v) is 13.7. The number of aryl methyl sites for hydroxylation is 1. The molecule has 0 aliphatic carbocycles. The van der Waals surface area contributed by atoms with Gasteiger partial charge in [-0.3, -0.25) is 4.79 Å². The van der Waals surface area contributed by atoms with Gasteiger partial charge in [0.1, 0.15) is 5.75 Å². The van der Waals surface area contributed by atoms with Gasteiger partial charge in [-0.1, -0.05) is 18.5 Å². The highest BCUT2D eigenvalue weighted by atomic mass is 35.5. The van der Waals surface area contributed by atoms with Crippen LogP contribution in [0.5, 0.6) is 5.75 Å². The highest BCUT2D eigenvalue weighted by molar-refractivity contribution is 7.16. The second kappa shape index (κ2) is 6.76. The lowest BCUT2D eigenvalue weighted by Crippen LogP contribution is -2.17. The number of carbonyl (C=O) groups is 1. The van der Waals surface area contributed by atoms with Crippen LogP contribution in [0.3, 0.4) is 0 Å². The molecule has 0 atom stereocenters. The van der Waals surface area contributed by atoms with Crippen molar-refractivity contribution in [1.29, 1.82) is 0 Å². The van der Waals surface area contributed by atoms with Crippen LogP contribution in [0.4, 0.5) is 18.3 Å². The molecular formula is C14H12ClF3N2O2S. The quantitative estimate of drug-likeness (QED) is 0.841. The minimum absolute atomic E-state index is 0.0953. The van der Waals surface area contributed by atoms with Crippen LogP contribution in [0.1, 0.15) is 18.7 Å². The Kier molecular flexibility index (Phi) is 5.16. The Morgan fingerprint density at radius 1 is 1.39 bits per heavy atom. The topological polar surface area (TPSA) is 51.2 Å². The Labute approximate surface area is 139 Å². The van der Waals surface area contributed by atoms with E-state index in [-0.39, 0.29) is 10.9 Å². The van der Waals surface area contributed by atoms with E-state index in [9.17, 15) is 18.0 Å². The van der Waals surface area contributed by atoms with Crippen molar-refractivity contribution in [3.63, 3.8) is 0 Å². The molecule has 1 N–H and O–H groups in total. The standard InChI is InChI=1S/C14H12ClF3N2O2S/c1-3-11-12(20-13(23-11)19-7(2)21)8-4-9(15)6-10(5-8)22-14(16,17)18/h4-6H,3H2,1-2H3,(H,19,20,21). The number of hydrogen-bond acceptors (Lipinski definition) is 4. The summed E-state index contributed by atoms with van der Waals surface area (Å²) < 4.78 is 41.0. The van der Waals surface area contributed by atoms with Crippen molar-refractivity contribution in [1.82, 2.24) is 4.98 Å². The van der Waals surface area contributed by atoms with Crippen LogP contribution in [0.2, 0.25) is 5.02 Å². The van der Waals surface area contributed by atoms with E-state index in [0.717, 1.165) is 10.9 Å². The zero-order chi connectivity index (χ0) is 17.2. The molecule has 23 heavy (non-hydrogen) atoms. The maximum Gasteiger partial charge on any atom is 0.573 e. The third kappa shape index (κ3) is 4.84. The number of alkyl halides is 3. The molecule has 0 unspecified atom stereocenters. The summed E-state index contributed by atoms with van der Waals surface area (Å²) >= 11 is 7.13. The van der Waals surface area contributed by atoms with Crippen LogP contribution in [0.15, 0.2) is 18.2 Å². The van der Waals surface area contributed by atoms with E-state index in [1.807, 2.05) is 6.92 Å². The summed E-state index contributed by atoms with van der Waals surface area (Å²) in [7, 11) is 0. The Morgan fingerprint density at radius 2 is 2.09 bits per heavy atom. The molecule has 0 aliphatic rings. The summed E-state index contributed by atoms with van der Waals surface area (Å²) in [6, 6.07) is 3.78. The average Bonchev–Trinajstić information content (AvgIpc) is 2.78. The number of amides is 1. The van der Waals surface area contributed by atoms with Crippen LogP contribution < -0.4 is 10.1 Å². The molecule has 0 radical (unpaired) electrons. The van der Waals surface area contributed by atoms with Crippen LogP contribution in [0.25, 0.3) is 11.3 Å². The maximum atomic E-state index is 12.4. The molecule has 1 aromatic heterocycles. The Morgan fingerprint density at radius 3 is 2.65 bits per heavy atom. The van der Waals surface area contributed by atoms with E-state index in [2.05, 4.69) is 15.0 Å². The monoisotopic (exact) mass is 364 g/mol. The van der Waals surface area contributed by atoms with E-state index >= 15 is 0 Å². The van der Waals surface area contributed by atoms with Crippen molar-refractivity contribution in [2.45, 2.75) is 26.6 Å². The number of nitrogens with one attached hydrogen (secondary N) is 1. The number of rotatable bonds is 4. The van der Waals surface area contributed by atoms with Crippen molar-refractivity contribution in [2.75, 3.05) is 5.32 Å². The molecule has 0 spiro atoms. The Balaban J connectivity index is 2.44. The Hall–Kier alpha value is -1.80. The number of aromatic nitrogens is 1. The lowest BCUT2D eigenvalue weighted by atomic mass is 10.1. The first-order valence-corrected chi connectivity index (χ1v) is 7.71. The summed E-state index contributed by atoms with van der Waals surface area (Å²) in [5.41, 5.74) is 0.859. The van der Waals surface area contributed by atoms with Crippen molar-refractivity contribution in [3.8, 4) is 17.0 Å². The second-order valence-corrected chi connectivity index (χ2v) is 6.07. The van der Waals surface area contributed by atoms with Gasteiger partial charge in [0.25, 0.3) is 0 Å². The number of halogens is 4. The van der Waals surface area contributed by atoms with Gasteiger partial charge in [-0.2, -0.15) is 0 Å². The van der Waals surface area contributed by atoms with Crippen LogP contribution in [-0.2, 0) is 11.2 Å². The fourth-order valence-electron chi connectivity index (χ4n) is 1.91. The first-order chi connectivity index (χ1) is 10.7. The van der Waals surface area contributed by atoms with Crippen LogP contribution >= 0.6 is 22.9 Å². The van der Waals surface area contributed by atoms with E-state index < -0.39 is 12.1 Å². The summed E-state index contributed by atoms with van der Waals surface area (Å²) in [5, 5.41) is 3.03. The van der Waals surface area contributed by atoms with Gasteiger partial charge < -0.3 is 10.1 Å². The lowest BCUT2D eigenvalue weighted by Gasteiger charge is -2.10. The average molecular weight is 365 g/mol. The van der Waals surface area contributed by atoms with Crippen molar-refractivity contribution >= 4 is 34.0 Å². The van der Waals surface area contributed by atoms with Gasteiger partial charge in [-0.05, 0) is 24.6 Å². The first kappa shape index (κ1) is 17.6. The number of nitrogens with zero attached hydrogens (tertiary/aromatic N) is 1. The van der Waals surface area contributed by atoms with Crippen molar-refractivity contribution in [2.24, 2.45) is 0 Å². The molecule has 0 saturated heterocycles. The van der Waals surface area contributed by atoms with E-state index in [4.69, 9.17) is 11.6 Å². The minimum atomic E-state index is -4.81. The molecule has 4 nitrogen and oxygen atoms in total. The molecule has 1 amide bonds. The first-order valence-electron chi connectivity index (χ1n) is 6.52. The SMILES string of the molecule is CCc1sc(NC(C)=O)nc1-c1cc(Cl)cc(OC(F)(F)F)c1. The lowest BCUT2D eigenvalue weighted by molar-refractivity contribution is -0.274. The number of hydrogen-bond donors (Lipinski definition) is 1. The van der Waals surface area contributed by atoms with E-state index in [1.54, 1.807) is 0 Å². The molecule has 1 aromatic carbocycles. The highest BCUT2D eigenvalue weighted by Crippen LogP contribution is 2.36. The van der Waals surface area contributed by atoms with Gasteiger partial charge in [0.05, 0.1) is 5.69 Å². The number of carbonyl (C=O) groups excluding carboxylic acids is 1. The maximum absolute atomic E-state index is 12.4. The van der Waals surface area contributed by atoms with Crippen molar-refractivity contribution < 1.29 is 22.7 Å². The van der Waals surface area contributed by atoms with Gasteiger partial charge in [0, 0.05) is 22.4 Å². The normalized spacial score (nSPS) is 11.4. The highest BCUT2D eigenvalue weighted by Gasteiger charge is 2.31. The molecule has 0 aliphatic heterocycles. The third-order valence-electron chi connectivity index (χ3n) is 2.68. The predicted octanol–water partition coefficient (Wildman–Crippen LogP) is 4.88. The number of ether oxygens (including phenoxy) is 1. The van der Waals surface area contributed by atoms with Gasteiger partial charge >= 0.3 is 6.36 Å². The van der Waals surface area contributed by atoms with E-state index in [1.165, 1.54) is 30.4 Å². The number of benzene rings is 1. The predicted molar refractivity (Wildman–Crippen MR) is 82.9 cm³/mol. The number of thiazole rings is 1. The van der Waals surface area contributed by atoms with Gasteiger partial charge in [-0.25, -0.2) is 4.98 Å². The van der Waals surface area contributed by atoms with E-state index in [0.29, 0.717) is 22.8 Å². The third-order valence-corrected chi connectivity index (χ3v) is 4.01. The molecule has 0 fully saturated rings.